The minimum Gasteiger partial charge on any atom is -0.489 e. The van der Waals surface area contributed by atoms with Crippen LogP contribution in [0, 0.1) is 11.6 Å². The van der Waals surface area contributed by atoms with Crippen LogP contribution < -0.4 is 4.74 Å². The highest BCUT2D eigenvalue weighted by Crippen LogP contribution is 2.34. The van der Waals surface area contributed by atoms with Gasteiger partial charge in [0.25, 0.3) is 5.91 Å². The van der Waals surface area contributed by atoms with Gasteiger partial charge in [-0.3, -0.25) is 14.3 Å². The highest BCUT2D eigenvalue weighted by molar-refractivity contribution is 6.04. The maximum Gasteiger partial charge on any atom is 0.419 e. The Morgan fingerprint density at radius 3 is 2.35 bits per heavy atom. The van der Waals surface area contributed by atoms with Crippen molar-refractivity contribution >= 4 is 29.0 Å². The number of rotatable bonds is 8. The Kier molecular flexibility index (Phi) is 10.5. The van der Waals surface area contributed by atoms with Gasteiger partial charge in [0.1, 0.15) is 23.6 Å². The summed E-state index contributed by atoms with van der Waals surface area (Å²) in [6, 6.07) is 6.74. The molecule has 1 aliphatic rings. The third kappa shape index (κ3) is 8.23. The zero-order valence-electron chi connectivity index (χ0n) is 28.0. The molecule has 9 nitrogen and oxygen atoms in total. The molecular weight excluding hydrogens is 596 g/mol. The second-order valence-corrected chi connectivity index (χ2v) is 13.7. The van der Waals surface area contributed by atoms with Crippen molar-refractivity contribution in [1.29, 1.82) is 0 Å². The van der Waals surface area contributed by atoms with E-state index < -0.39 is 40.9 Å². The van der Waals surface area contributed by atoms with Gasteiger partial charge in [0.2, 0.25) is 0 Å². The summed E-state index contributed by atoms with van der Waals surface area (Å²) >= 11 is 0. The van der Waals surface area contributed by atoms with Gasteiger partial charge in [0.05, 0.1) is 5.52 Å². The molecule has 4 rings (SSSR count). The molecule has 1 atom stereocenters. The molecule has 1 aliphatic heterocycles. The molecule has 1 aromatic heterocycles. The number of aryl methyl sites for hydroxylation is 1. The Morgan fingerprint density at radius 1 is 1.00 bits per heavy atom. The topological polar surface area (TPSA) is 90.3 Å². The number of halogens is 2. The van der Waals surface area contributed by atoms with Crippen LogP contribution in [0.15, 0.2) is 36.5 Å². The number of fused-ring (bicyclic) bond motifs is 2. The maximum absolute atomic E-state index is 14.9. The largest absolute Gasteiger partial charge is 0.489 e. The standard InChI is InChI=1S/C35H45F2N3O6/c1-9-16-39(17-10-11-22-20-40(33(43)46-35(5,6)7)29-15-12-23(36)18-26(22)29)24-19-27-25(13-14-28(37)30(27)44-21-24)31(41)38(8)32(42)45-34(2,3)4/h12-15,18,20,24H,9-11,16-17,19,21H2,1-8H3/t24-/m1/s1. The van der Waals surface area contributed by atoms with Crippen LogP contribution in [-0.2, 0) is 22.3 Å². The smallest absolute Gasteiger partial charge is 0.419 e. The number of hydrogen-bond acceptors (Lipinski definition) is 7. The molecule has 0 saturated heterocycles. The van der Waals surface area contributed by atoms with Gasteiger partial charge in [-0.2, -0.15) is 0 Å². The molecule has 0 bridgehead atoms. The second-order valence-electron chi connectivity index (χ2n) is 13.7. The van der Waals surface area contributed by atoms with Crippen LogP contribution in [0.2, 0.25) is 0 Å². The Labute approximate surface area is 269 Å². The SMILES string of the molecule is CCCN(CCCc1cn(C(=O)OC(C)(C)C)c2ccc(F)cc12)[C@H]1COc2c(F)ccc(C(=O)N(C)C(=O)OC(C)(C)C)c2C1. The van der Waals surface area contributed by atoms with Crippen molar-refractivity contribution in [3.8, 4) is 5.75 Å². The van der Waals surface area contributed by atoms with Crippen LogP contribution in [0.25, 0.3) is 10.9 Å². The van der Waals surface area contributed by atoms with E-state index in [0.29, 0.717) is 42.3 Å². The maximum atomic E-state index is 14.9. The van der Waals surface area contributed by atoms with E-state index in [1.54, 1.807) is 53.8 Å². The van der Waals surface area contributed by atoms with E-state index in [4.69, 9.17) is 14.2 Å². The number of aromatic nitrogens is 1. The quantitative estimate of drug-likeness (QED) is 0.254. The van der Waals surface area contributed by atoms with Crippen molar-refractivity contribution < 1.29 is 37.4 Å². The number of imide groups is 1. The van der Waals surface area contributed by atoms with Crippen LogP contribution in [0.3, 0.4) is 0 Å². The zero-order chi connectivity index (χ0) is 34.0. The first-order valence-electron chi connectivity index (χ1n) is 15.7. The summed E-state index contributed by atoms with van der Waals surface area (Å²) < 4.78 is 47.4. The summed E-state index contributed by atoms with van der Waals surface area (Å²) in [4.78, 5) is 42.1. The van der Waals surface area contributed by atoms with Crippen LogP contribution in [-0.4, -0.2) is 76.4 Å². The van der Waals surface area contributed by atoms with Gasteiger partial charge in [-0.25, -0.2) is 23.3 Å². The van der Waals surface area contributed by atoms with Gasteiger partial charge < -0.3 is 14.2 Å². The van der Waals surface area contributed by atoms with Gasteiger partial charge in [-0.1, -0.05) is 6.92 Å². The van der Waals surface area contributed by atoms with Crippen LogP contribution >= 0.6 is 0 Å². The lowest BCUT2D eigenvalue weighted by atomic mass is 9.94. The minimum atomic E-state index is -0.802. The predicted octanol–water partition coefficient (Wildman–Crippen LogP) is 7.36. The monoisotopic (exact) mass is 641 g/mol. The highest BCUT2D eigenvalue weighted by Gasteiger charge is 2.33. The van der Waals surface area contributed by atoms with Gasteiger partial charge in [-0.15, -0.1) is 0 Å². The first-order valence-corrected chi connectivity index (χ1v) is 15.7. The zero-order valence-corrected chi connectivity index (χ0v) is 28.0. The highest BCUT2D eigenvalue weighted by atomic mass is 19.1. The van der Waals surface area contributed by atoms with E-state index in [9.17, 15) is 23.2 Å². The number of carbonyl (C=O) groups excluding carboxylic acids is 3. The molecule has 2 heterocycles. The Hall–Kier alpha value is -3.99. The first kappa shape index (κ1) is 34.9. The molecule has 0 unspecified atom stereocenters. The Bertz CT molecular complexity index is 1600. The average Bonchev–Trinajstić information content (AvgIpc) is 3.32. The summed E-state index contributed by atoms with van der Waals surface area (Å²) in [6.07, 6.45) is 2.83. The van der Waals surface area contributed by atoms with Crippen molar-refractivity contribution in [2.45, 2.75) is 91.4 Å². The van der Waals surface area contributed by atoms with E-state index >= 15 is 0 Å². The van der Waals surface area contributed by atoms with Crippen LogP contribution in [0.4, 0.5) is 18.4 Å². The molecule has 3 aromatic rings. The number of amides is 2. The second kappa shape index (κ2) is 13.8. The van der Waals surface area contributed by atoms with Crippen molar-refractivity contribution in [1.82, 2.24) is 14.4 Å². The molecule has 2 amide bonds. The molecule has 0 N–H and O–H groups in total. The summed E-state index contributed by atoms with van der Waals surface area (Å²) in [5, 5.41) is 0.649. The number of ether oxygens (including phenoxy) is 3. The summed E-state index contributed by atoms with van der Waals surface area (Å²) in [5.41, 5.74) is 0.512. The summed E-state index contributed by atoms with van der Waals surface area (Å²) in [6.45, 7) is 14.2. The number of hydrogen-bond donors (Lipinski definition) is 0. The fraction of sp³-hybridized carbons (Fsp3) is 0.514. The average molecular weight is 642 g/mol. The molecule has 0 spiro atoms. The molecule has 0 fully saturated rings. The molecule has 250 valence electrons. The van der Waals surface area contributed by atoms with Crippen molar-refractivity contribution in [2.24, 2.45) is 0 Å². The van der Waals surface area contributed by atoms with Gasteiger partial charge in [-0.05, 0) is 116 Å². The summed E-state index contributed by atoms with van der Waals surface area (Å²) in [7, 11) is 1.34. The number of nitrogens with zero attached hydrogens (tertiary/aromatic N) is 3. The molecule has 11 heteroatoms. The fourth-order valence-electron chi connectivity index (χ4n) is 5.63. The number of carbonyl (C=O) groups is 3. The third-order valence-corrected chi connectivity index (χ3v) is 7.63. The van der Waals surface area contributed by atoms with Crippen molar-refractivity contribution in [2.75, 3.05) is 26.7 Å². The Morgan fingerprint density at radius 2 is 1.70 bits per heavy atom. The lowest BCUT2D eigenvalue weighted by molar-refractivity contribution is 0.0282. The molecule has 2 aromatic carbocycles. The Balaban J connectivity index is 1.52. The summed E-state index contributed by atoms with van der Waals surface area (Å²) in [5.74, 6) is -1.55. The van der Waals surface area contributed by atoms with E-state index in [-0.39, 0.29) is 24.0 Å². The predicted molar refractivity (Wildman–Crippen MR) is 171 cm³/mol. The minimum absolute atomic E-state index is 0.0214. The van der Waals surface area contributed by atoms with Gasteiger partial charge in [0.15, 0.2) is 11.6 Å². The van der Waals surface area contributed by atoms with E-state index in [0.717, 1.165) is 23.4 Å². The number of benzene rings is 2. The lowest BCUT2D eigenvalue weighted by Gasteiger charge is -2.36. The normalized spacial score (nSPS) is 15.0. The molecular formula is C35H45F2N3O6. The van der Waals surface area contributed by atoms with E-state index in [2.05, 4.69) is 11.8 Å². The third-order valence-electron chi connectivity index (χ3n) is 7.63. The van der Waals surface area contributed by atoms with Crippen LogP contribution in [0.1, 0.15) is 82.8 Å². The van der Waals surface area contributed by atoms with Crippen LogP contribution in [0.5, 0.6) is 5.75 Å². The molecule has 46 heavy (non-hydrogen) atoms. The lowest BCUT2D eigenvalue weighted by Crippen LogP contribution is -2.45. The van der Waals surface area contributed by atoms with Gasteiger partial charge in [0, 0.05) is 35.8 Å². The fourth-order valence-corrected chi connectivity index (χ4v) is 5.63. The van der Waals surface area contributed by atoms with E-state index in [1.165, 1.54) is 35.9 Å². The molecule has 0 saturated carbocycles. The molecule has 0 radical (unpaired) electrons. The molecule has 0 aliphatic carbocycles. The first-order chi connectivity index (χ1) is 21.5. The van der Waals surface area contributed by atoms with Crippen molar-refractivity contribution in [3.63, 3.8) is 0 Å². The van der Waals surface area contributed by atoms with Gasteiger partial charge >= 0.3 is 12.2 Å². The van der Waals surface area contributed by atoms with E-state index in [1.807, 2.05) is 0 Å². The van der Waals surface area contributed by atoms with Crippen molar-refractivity contribution in [3.05, 3.63) is 64.9 Å².